The number of nitrogens with two attached hydrogens (primary N) is 1. The number of anilines is 1. The lowest BCUT2D eigenvalue weighted by Gasteiger charge is -2.18. The van der Waals surface area contributed by atoms with Gasteiger partial charge in [-0.2, -0.15) is 0 Å². The quantitative estimate of drug-likeness (QED) is 0.186. The molecule has 30 heavy (non-hydrogen) atoms. The zero-order valence-electron chi connectivity index (χ0n) is 16.9. The van der Waals surface area contributed by atoms with Crippen LogP contribution in [0.2, 0.25) is 0 Å². The molecule has 0 fully saturated rings. The van der Waals surface area contributed by atoms with Crippen molar-refractivity contribution in [3.05, 3.63) is 101 Å². The van der Waals surface area contributed by atoms with Gasteiger partial charge in [0.2, 0.25) is 0 Å². The van der Waals surface area contributed by atoms with Gasteiger partial charge in [0.25, 0.3) is 0 Å². The molecule has 0 radical (unpaired) electrons. The Kier molecular flexibility index (Phi) is 5.18. The third-order valence-electron chi connectivity index (χ3n) is 6.11. The number of hydrogen-bond donors (Lipinski definition) is 1. The standard InChI is InChI=1S/C18H15Br.C10H9N/c19-18-7-3-6-14-16-9-8-12-4-1-2-5-13(12)15(16)10-11-17(14)18;11-10-6-5-8-3-1-2-4-9(8)7-10/h3,6-11H,1-2,4-5H2;1-7H,11H2. The van der Waals surface area contributed by atoms with Gasteiger partial charge in [0.1, 0.15) is 0 Å². The largest absolute Gasteiger partial charge is 0.399 e. The minimum absolute atomic E-state index is 0.823. The third-order valence-corrected chi connectivity index (χ3v) is 6.80. The third kappa shape index (κ3) is 3.57. The second-order valence-electron chi connectivity index (χ2n) is 8.01. The van der Waals surface area contributed by atoms with Crippen LogP contribution in [0.4, 0.5) is 5.69 Å². The Morgan fingerprint density at radius 2 is 1.33 bits per heavy atom. The van der Waals surface area contributed by atoms with Crippen molar-refractivity contribution in [3.63, 3.8) is 0 Å². The molecule has 0 amide bonds. The number of fused-ring (bicyclic) bond motifs is 6. The van der Waals surface area contributed by atoms with E-state index >= 15 is 0 Å². The summed E-state index contributed by atoms with van der Waals surface area (Å²) in [5.41, 5.74) is 9.60. The Balaban J connectivity index is 0.000000149. The number of nitrogen functional groups attached to an aromatic ring is 1. The number of rotatable bonds is 0. The molecule has 148 valence electrons. The van der Waals surface area contributed by atoms with E-state index in [0.717, 1.165) is 5.69 Å². The molecule has 0 unspecified atom stereocenters. The smallest absolute Gasteiger partial charge is 0.0320 e. The second kappa shape index (κ2) is 8.12. The van der Waals surface area contributed by atoms with Gasteiger partial charge >= 0.3 is 0 Å². The zero-order valence-corrected chi connectivity index (χ0v) is 18.5. The van der Waals surface area contributed by atoms with Crippen LogP contribution in [0.5, 0.6) is 0 Å². The summed E-state index contributed by atoms with van der Waals surface area (Å²) in [4.78, 5) is 0. The predicted molar refractivity (Wildman–Crippen MR) is 134 cm³/mol. The molecule has 1 aliphatic carbocycles. The van der Waals surface area contributed by atoms with Crippen LogP contribution in [0.25, 0.3) is 32.3 Å². The van der Waals surface area contributed by atoms with Crippen molar-refractivity contribution in [2.45, 2.75) is 25.7 Å². The summed E-state index contributed by atoms with van der Waals surface area (Å²) in [6.07, 6.45) is 5.17. The highest BCUT2D eigenvalue weighted by Gasteiger charge is 2.13. The van der Waals surface area contributed by atoms with Crippen LogP contribution in [0, 0.1) is 0 Å². The molecule has 5 aromatic carbocycles. The average molecular weight is 454 g/mol. The topological polar surface area (TPSA) is 26.0 Å². The van der Waals surface area contributed by atoms with E-state index in [9.17, 15) is 0 Å². The van der Waals surface area contributed by atoms with Crippen molar-refractivity contribution >= 4 is 53.9 Å². The van der Waals surface area contributed by atoms with E-state index in [-0.39, 0.29) is 0 Å². The van der Waals surface area contributed by atoms with E-state index in [4.69, 9.17) is 5.73 Å². The molecular weight excluding hydrogens is 430 g/mol. The molecule has 0 aromatic heterocycles. The minimum Gasteiger partial charge on any atom is -0.399 e. The molecule has 0 saturated heterocycles. The first kappa shape index (κ1) is 19.1. The molecule has 0 bridgehead atoms. The first-order valence-corrected chi connectivity index (χ1v) is 11.4. The van der Waals surface area contributed by atoms with E-state index < -0.39 is 0 Å². The van der Waals surface area contributed by atoms with Gasteiger partial charge < -0.3 is 5.73 Å². The van der Waals surface area contributed by atoms with Crippen molar-refractivity contribution in [2.75, 3.05) is 5.73 Å². The van der Waals surface area contributed by atoms with Gasteiger partial charge in [-0.1, -0.05) is 82.7 Å². The fraction of sp³-hybridized carbons (Fsp3) is 0.143. The molecule has 0 atom stereocenters. The number of hydrogen-bond acceptors (Lipinski definition) is 1. The highest BCUT2D eigenvalue weighted by atomic mass is 79.9. The molecule has 6 rings (SSSR count). The number of aryl methyl sites for hydroxylation is 2. The Labute approximate surface area is 185 Å². The van der Waals surface area contributed by atoms with E-state index in [1.54, 1.807) is 11.1 Å². The molecule has 0 spiro atoms. The first-order valence-electron chi connectivity index (χ1n) is 10.6. The summed E-state index contributed by atoms with van der Waals surface area (Å²) in [5.74, 6) is 0. The van der Waals surface area contributed by atoms with Gasteiger partial charge in [-0.05, 0) is 87.3 Å². The van der Waals surface area contributed by atoms with Crippen LogP contribution in [0.15, 0.2) is 89.4 Å². The zero-order chi connectivity index (χ0) is 20.5. The maximum atomic E-state index is 5.62. The lowest BCUT2D eigenvalue weighted by molar-refractivity contribution is 0.690. The van der Waals surface area contributed by atoms with Crippen LogP contribution >= 0.6 is 15.9 Å². The molecule has 5 aromatic rings. The summed E-state index contributed by atoms with van der Waals surface area (Å²) in [6, 6.07) is 29.8. The second-order valence-corrected chi connectivity index (χ2v) is 8.87. The van der Waals surface area contributed by atoms with Crippen LogP contribution in [0.1, 0.15) is 24.0 Å². The van der Waals surface area contributed by atoms with Crippen molar-refractivity contribution < 1.29 is 0 Å². The molecule has 1 aliphatic rings. The summed E-state index contributed by atoms with van der Waals surface area (Å²) in [6.45, 7) is 0. The predicted octanol–water partition coefficient (Wildman–Crippen LogP) is 8.06. The maximum Gasteiger partial charge on any atom is 0.0320 e. The van der Waals surface area contributed by atoms with Crippen molar-refractivity contribution in [3.8, 4) is 0 Å². The normalized spacial score (nSPS) is 13.1. The van der Waals surface area contributed by atoms with Gasteiger partial charge in [0.15, 0.2) is 0 Å². The lowest BCUT2D eigenvalue weighted by Crippen LogP contribution is -2.03. The van der Waals surface area contributed by atoms with Crippen LogP contribution in [0.3, 0.4) is 0 Å². The maximum absolute atomic E-state index is 5.62. The van der Waals surface area contributed by atoms with Gasteiger partial charge in [-0.15, -0.1) is 0 Å². The Hall–Kier alpha value is -2.84. The van der Waals surface area contributed by atoms with Crippen LogP contribution in [-0.4, -0.2) is 0 Å². The summed E-state index contributed by atoms with van der Waals surface area (Å²) in [7, 11) is 0. The van der Waals surface area contributed by atoms with E-state index in [2.05, 4.69) is 70.5 Å². The van der Waals surface area contributed by atoms with E-state index in [1.165, 1.54) is 62.5 Å². The highest BCUT2D eigenvalue weighted by molar-refractivity contribution is 9.10. The Morgan fingerprint density at radius 3 is 2.23 bits per heavy atom. The molecule has 0 saturated carbocycles. The fourth-order valence-electron chi connectivity index (χ4n) is 4.60. The molecule has 0 aliphatic heterocycles. The number of halogens is 1. The van der Waals surface area contributed by atoms with Crippen LogP contribution in [-0.2, 0) is 12.8 Å². The Morgan fingerprint density at radius 1 is 0.600 bits per heavy atom. The van der Waals surface area contributed by atoms with Gasteiger partial charge in [0, 0.05) is 10.2 Å². The molecule has 2 N–H and O–H groups in total. The van der Waals surface area contributed by atoms with Gasteiger partial charge in [-0.25, -0.2) is 0 Å². The minimum atomic E-state index is 0.823. The van der Waals surface area contributed by atoms with Gasteiger partial charge in [0.05, 0.1) is 0 Å². The Bertz CT molecular complexity index is 1370. The van der Waals surface area contributed by atoms with Crippen molar-refractivity contribution in [1.82, 2.24) is 0 Å². The SMILES string of the molecule is Brc1cccc2c1ccc1c3c(ccc12)CCCC3.Nc1ccc2ccccc2c1. The highest BCUT2D eigenvalue weighted by Crippen LogP contribution is 2.35. The summed E-state index contributed by atoms with van der Waals surface area (Å²) in [5, 5.41) is 7.97. The van der Waals surface area contributed by atoms with Gasteiger partial charge in [-0.3, -0.25) is 0 Å². The van der Waals surface area contributed by atoms with Crippen molar-refractivity contribution in [2.24, 2.45) is 0 Å². The molecule has 0 heterocycles. The summed E-state index contributed by atoms with van der Waals surface area (Å²) >= 11 is 3.66. The summed E-state index contributed by atoms with van der Waals surface area (Å²) < 4.78 is 1.18. The van der Waals surface area contributed by atoms with Crippen LogP contribution < -0.4 is 5.73 Å². The van der Waals surface area contributed by atoms with E-state index in [0.29, 0.717) is 0 Å². The van der Waals surface area contributed by atoms with E-state index in [1.807, 2.05) is 30.3 Å². The molecule has 2 heteroatoms. The molecular formula is C28H24BrN. The van der Waals surface area contributed by atoms with Crippen molar-refractivity contribution in [1.29, 1.82) is 0 Å². The number of benzene rings is 5. The first-order chi connectivity index (χ1) is 14.7. The fourth-order valence-corrected chi connectivity index (χ4v) is 5.10. The molecule has 1 nitrogen and oxygen atoms in total. The monoisotopic (exact) mass is 453 g/mol. The lowest BCUT2D eigenvalue weighted by atomic mass is 9.86. The average Bonchev–Trinajstić information content (AvgIpc) is 2.79.